The summed E-state index contributed by atoms with van der Waals surface area (Å²) in [6.07, 6.45) is 0.102. The summed E-state index contributed by atoms with van der Waals surface area (Å²) >= 11 is 0. The molecule has 1 aromatic carbocycles. The van der Waals surface area contributed by atoms with E-state index in [4.69, 9.17) is 0 Å². The topological polar surface area (TPSA) is 68.3 Å². The first-order chi connectivity index (χ1) is 15.3. The lowest BCUT2D eigenvalue weighted by atomic mass is 10.1. The monoisotopic (exact) mass is 442 g/mol. The number of fused-ring (bicyclic) bond motifs is 1. The second-order valence-electron chi connectivity index (χ2n) is 7.40. The van der Waals surface area contributed by atoms with Crippen LogP contribution in [0.4, 0.5) is 13.2 Å². The average molecular weight is 442 g/mol. The molecule has 0 saturated heterocycles. The van der Waals surface area contributed by atoms with Gasteiger partial charge in [-0.3, -0.25) is 9.48 Å². The van der Waals surface area contributed by atoms with E-state index in [1.165, 1.54) is 41.4 Å². The molecule has 7 nitrogen and oxygen atoms in total. The van der Waals surface area contributed by atoms with E-state index in [1.807, 2.05) is 18.5 Å². The Kier molecular flexibility index (Phi) is 5.68. The molecule has 0 unspecified atom stereocenters. The summed E-state index contributed by atoms with van der Waals surface area (Å²) in [5.41, 5.74) is 2.18. The molecule has 0 fully saturated rings. The van der Waals surface area contributed by atoms with Crippen LogP contribution in [0, 0.1) is 12.7 Å². The highest BCUT2D eigenvalue weighted by Crippen LogP contribution is 2.27. The van der Waals surface area contributed by atoms with Gasteiger partial charge in [-0.1, -0.05) is 0 Å². The molecule has 0 spiro atoms. The van der Waals surface area contributed by atoms with Gasteiger partial charge in [0.1, 0.15) is 17.1 Å². The molecule has 4 rings (SSSR count). The van der Waals surface area contributed by atoms with Crippen LogP contribution in [0.25, 0.3) is 16.9 Å². The van der Waals surface area contributed by atoms with E-state index in [-0.39, 0.29) is 16.9 Å². The number of halogens is 3. The zero-order valence-corrected chi connectivity index (χ0v) is 17.8. The molecule has 0 aliphatic heterocycles. The fourth-order valence-corrected chi connectivity index (χ4v) is 3.55. The minimum Gasteiger partial charge on any atom is -0.337 e. The molecular formula is C22H21F3N6O. The molecule has 0 radical (unpaired) electrons. The molecule has 0 aliphatic carbocycles. The zero-order chi connectivity index (χ0) is 23.0. The van der Waals surface area contributed by atoms with E-state index in [1.54, 1.807) is 13.2 Å². The number of benzene rings is 1. The highest BCUT2D eigenvalue weighted by molar-refractivity contribution is 5.99. The number of aromatic nitrogens is 5. The predicted molar refractivity (Wildman–Crippen MR) is 112 cm³/mol. The summed E-state index contributed by atoms with van der Waals surface area (Å²) < 4.78 is 43.6. The van der Waals surface area contributed by atoms with Crippen LogP contribution in [0.2, 0.25) is 0 Å². The van der Waals surface area contributed by atoms with Gasteiger partial charge in [0, 0.05) is 37.0 Å². The van der Waals surface area contributed by atoms with Crippen molar-refractivity contribution in [2.75, 3.05) is 7.05 Å². The van der Waals surface area contributed by atoms with E-state index in [2.05, 4.69) is 15.2 Å². The molecule has 4 aromatic rings. The van der Waals surface area contributed by atoms with Crippen molar-refractivity contribution in [3.05, 3.63) is 71.1 Å². The Morgan fingerprint density at radius 2 is 1.88 bits per heavy atom. The molecule has 0 aliphatic rings. The summed E-state index contributed by atoms with van der Waals surface area (Å²) in [6, 6.07) is 6.53. The van der Waals surface area contributed by atoms with Gasteiger partial charge in [0.2, 0.25) is 0 Å². The molecule has 3 aromatic heterocycles. The highest BCUT2D eigenvalue weighted by Gasteiger charge is 2.24. The number of rotatable bonds is 6. The van der Waals surface area contributed by atoms with Crippen LogP contribution >= 0.6 is 0 Å². The SMILES string of the molecule is CCn1ncc(CN(C)C(=O)c2cnn3c(C(F)F)cc(-c4ccc(F)cc4)nc23)c1C. The molecule has 0 N–H and O–H groups in total. The number of carbonyl (C=O) groups excluding carboxylic acids is 1. The van der Waals surface area contributed by atoms with Crippen LogP contribution in [-0.4, -0.2) is 42.2 Å². The number of nitrogens with zero attached hydrogens (tertiary/aromatic N) is 6. The summed E-state index contributed by atoms with van der Waals surface area (Å²) in [5.74, 6) is -0.861. The Morgan fingerprint density at radius 3 is 2.50 bits per heavy atom. The van der Waals surface area contributed by atoms with Crippen molar-refractivity contribution in [1.82, 2.24) is 29.3 Å². The standard InChI is InChI=1S/C22H21F3N6O/c1-4-30-13(2)15(10-26-30)12-29(3)22(32)17-11-27-31-19(20(24)25)9-18(28-21(17)31)14-5-7-16(23)8-6-14/h5-11,20H,4,12H2,1-3H3. The maximum absolute atomic E-state index is 13.7. The van der Waals surface area contributed by atoms with Gasteiger partial charge in [0.05, 0.1) is 18.1 Å². The van der Waals surface area contributed by atoms with Crippen molar-refractivity contribution < 1.29 is 18.0 Å². The van der Waals surface area contributed by atoms with Crippen LogP contribution in [0.1, 0.15) is 40.7 Å². The second-order valence-corrected chi connectivity index (χ2v) is 7.40. The van der Waals surface area contributed by atoms with Crippen molar-refractivity contribution in [2.24, 2.45) is 0 Å². The first kappa shape index (κ1) is 21.5. The quantitative estimate of drug-likeness (QED) is 0.447. The van der Waals surface area contributed by atoms with E-state index in [0.717, 1.165) is 15.8 Å². The number of amides is 1. The lowest BCUT2D eigenvalue weighted by molar-refractivity contribution is 0.0786. The third-order valence-electron chi connectivity index (χ3n) is 5.35. The van der Waals surface area contributed by atoms with Crippen molar-refractivity contribution in [3.8, 4) is 11.3 Å². The first-order valence-corrected chi connectivity index (χ1v) is 9.99. The van der Waals surface area contributed by atoms with Crippen molar-refractivity contribution in [2.45, 2.75) is 33.4 Å². The van der Waals surface area contributed by atoms with E-state index in [0.29, 0.717) is 18.7 Å². The smallest absolute Gasteiger partial charge is 0.280 e. The zero-order valence-electron chi connectivity index (χ0n) is 17.8. The van der Waals surface area contributed by atoms with Gasteiger partial charge in [-0.25, -0.2) is 22.7 Å². The Morgan fingerprint density at radius 1 is 1.16 bits per heavy atom. The van der Waals surface area contributed by atoms with Gasteiger partial charge in [-0.2, -0.15) is 10.2 Å². The highest BCUT2D eigenvalue weighted by atomic mass is 19.3. The maximum Gasteiger partial charge on any atom is 0.280 e. The Bertz CT molecular complexity index is 1280. The number of carbonyl (C=O) groups is 1. The predicted octanol–water partition coefficient (Wildman–Crippen LogP) is 4.27. The van der Waals surface area contributed by atoms with Crippen LogP contribution in [0.3, 0.4) is 0 Å². The molecule has 3 heterocycles. The van der Waals surface area contributed by atoms with E-state index in [9.17, 15) is 18.0 Å². The summed E-state index contributed by atoms with van der Waals surface area (Å²) in [4.78, 5) is 19.0. The molecule has 0 atom stereocenters. The van der Waals surface area contributed by atoms with Crippen molar-refractivity contribution >= 4 is 11.6 Å². The average Bonchev–Trinajstić information content (AvgIpc) is 3.36. The van der Waals surface area contributed by atoms with Crippen LogP contribution in [0.5, 0.6) is 0 Å². The summed E-state index contributed by atoms with van der Waals surface area (Å²) in [5, 5.41) is 8.27. The normalized spacial score (nSPS) is 11.5. The molecular weight excluding hydrogens is 421 g/mol. The maximum atomic E-state index is 13.7. The number of hydrogen-bond donors (Lipinski definition) is 0. The molecule has 0 saturated carbocycles. The molecule has 1 amide bonds. The largest absolute Gasteiger partial charge is 0.337 e. The second kappa shape index (κ2) is 8.45. The van der Waals surface area contributed by atoms with Gasteiger partial charge in [0.15, 0.2) is 5.65 Å². The van der Waals surface area contributed by atoms with Gasteiger partial charge < -0.3 is 4.90 Å². The molecule has 10 heteroatoms. The fourth-order valence-electron chi connectivity index (χ4n) is 3.55. The van der Waals surface area contributed by atoms with Gasteiger partial charge in [0.25, 0.3) is 12.3 Å². The molecule has 32 heavy (non-hydrogen) atoms. The number of hydrogen-bond acceptors (Lipinski definition) is 4. The summed E-state index contributed by atoms with van der Waals surface area (Å²) in [7, 11) is 1.62. The Balaban J connectivity index is 1.74. The van der Waals surface area contributed by atoms with E-state index >= 15 is 0 Å². The minimum absolute atomic E-state index is 0.0138. The van der Waals surface area contributed by atoms with E-state index < -0.39 is 23.8 Å². The van der Waals surface area contributed by atoms with Crippen LogP contribution < -0.4 is 0 Å². The third kappa shape index (κ3) is 3.83. The lowest BCUT2D eigenvalue weighted by Crippen LogP contribution is -2.26. The fraction of sp³-hybridized carbons (Fsp3) is 0.273. The third-order valence-corrected chi connectivity index (χ3v) is 5.35. The van der Waals surface area contributed by atoms with Crippen molar-refractivity contribution in [1.29, 1.82) is 0 Å². The van der Waals surface area contributed by atoms with Gasteiger partial charge >= 0.3 is 0 Å². The lowest BCUT2D eigenvalue weighted by Gasteiger charge is -2.16. The Labute approximate surface area is 182 Å². The minimum atomic E-state index is -2.84. The number of alkyl halides is 2. The summed E-state index contributed by atoms with van der Waals surface area (Å²) in [6.45, 7) is 4.90. The number of aryl methyl sites for hydroxylation is 1. The first-order valence-electron chi connectivity index (χ1n) is 9.99. The van der Waals surface area contributed by atoms with Gasteiger partial charge in [-0.15, -0.1) is 0 Å². The molecule has 0 bridgehead atoms. The van der Waals surface area contributed by atoms with Crippen molar-refractivity contribution in [3.63, 3.8) is 0 Å². The molecule has 166 valence electrons. The van der Waals surface area contributed by atoms with Gasteiger partial charge in [-0.05, 0) is 44.2 Å². The van der Waals surface area contributed by atoms with Crippen LogP contribution in [-0.2, 0) is 13.1 Å². The van der Waals surface area contributed by atoms with Crippen LogP contribution in [0.15, 0.2) is 42.7 Å². The Hall–Kier alpha value is -3.69.